The molecule has 6 N–H and O–H groups in total. The molecule has 2 aromatic heterocycles. The standard InChI is InChI=1S/C41H46N6O8/c48-33-13-11-30(31-12-14-36(50)45-39(31)33)34(49)22-42-17-4-5-18-43-40(51)32-24-54-37(44-32)25-53-29-10-6-9-28(21-29)38(27-7-2-1-3-8-27)46-41(52)55-35-23-47-19-15-26(35)16-20-47/h1-3,6-14,21,24,26,34-35,38,42,48-49H,4-5,15-20,22-23,25H2,(H,43,51)(H,45,50)(H,46,52)/t34-,35+,38?/m1/s1. The first-order valence-corrected chi connectivity index (χ1v) is 18.7. The van der Waals surface area contributed by atoms with Gasteiger partial charge in [0, 0.05) is 31.1 Å². The Bertz CT molecular complexity index is 2130. The molecule has 0 aliphatic carbocycles. The van der Waals surface area contributed by atoms with E-state index in [4.69, 9.17) is 13.9 Å². The van der Waals surface area contributed by atoms with Gasteiger partial charge in [-0.1, -0.05) is 48.5 Å². The number of oxazole rings is 1. The second kappa shape index (κ2) is 17.6. The Morgan fingerprint density at radius 3 is 2.58 bits per heavy atom. The molecule has 3 fully saturated rings. The molecule has 14 nitrogen and oxygen atoms in total. The molecular formula is C41H46N6O8. The molecule has 288 valence electrons. The number of hydrogen-bond donors (Lipinski definition) is 6. The number of phenols is 1. The average Bonchev–Trinajstić information content (AvgIpc) is 3.69. The molecule has 0 radical (unpaired) electrons. The fourth-order valence-corrected chi connectivity index (χ4v) is 7.31. The molecule has 2 bridgehead atoms. The van der Waals surface area contributed by atoms with Crippen molar-refractivity contribution in [1.82, 2.24) is 30.8 Å². The number of nitrogens with one attached hydrogen (secondary N) is 4. The van der Waals surface area contributed by atoms with Crippen LogP contribution in [0.2, 0.25) is 0 Å². The van der Waals surface area contributed by atoms with Gasteiger partial charge in [0.2, 0.25) is 11.4 Å². The molecule has 14 heteroatoms. The van der Waals surface area contributed by atoms with E-state index in [-0.39, 0.29) is 53.6 Å². The lowest BCUT2D eigenvalue weighted by Crippen LogP contribution is -2.52. The predicted octanol–water partition coefficient (Wildman–Crippen LogP) is 4.54. The van der Waals surface area contributed by atoms with Crippen molar-refractivity contribution in [1.29, 1.82) is 0 Å². The zero-order valence-corrected chi connectivity index (χ0v) is 30.4. The molecule has 0 spiro atoms. The summed E-state index contributed by atoms with van der Waals surface area (Å²) in [4.78, 5) is 46.8. The molecule has 3 aromatic carbocycles. The number of piperidine rings is 3. The summed E-state index contributed by atoms with van der Waals surface area (Å²) >= 11 is 0. The van der Waals surface area contributed by atoms with E-state index < -0.39 is 18.2 Å². The Kier molecular flexibility index (Phi) is 12.1. The Morgan fingerprint density at radius 1 is 0.982 bits per heavy atom. The molecule has 1 unspecified atom stereocenters. The zero-order valence-electron chi connectivity index (χ0n) is 30.4. The topological polar surface area (TPSA) is 191 Å². The van der Waals surface area contributed by atoms with Crippen LogP contribution in [0.1, 0.15) is 70.9 Å². The average molecular weight is 751 g/mol. The molecule has 0 saturated carbocycles. The van der Waals surface area contributed by atoms with Gasteiger partial charge in [-0.15, -0.1) is 0 Å². The number of ether oxygens (including phenoxy) is 2. The van der Waals surface area contributed by atoms with Gasteiger partial charge >= 0.3 is 6.09 Å². The zero-order chi connectivity index (χ0) is 38.1. The Labute approximate surface area is 317 Å². The number of amides is 2. The maximum atomic E-state index is 13.2. The molecule has 3 aliphatic rings. The summed E-state index contributed by atoms with van der Waals surface area (Å²) in [5, 5.41) is 30.5. The number of phenolic OH excluding ortho intramolecular Hbond substituents is 1. The number of aromatic hydroxyl groups is 1. The number of nitrogens with zero attached hydrogens (tertiary/aromatic N) is 2. The molecule has 8 rings (SSSR count). The van der Waals surface area contributed by atoms with Crippen LogP contribution in [0.4, 0.5) is 4.79 Å². The fourth-order valence-electron chi connectivity index (χ4n) is 7.31. The van der Waals surface area contributed by atoms with Crippen molar-refractivity contribution < 1.29 is 33.7 Å². The number of benzene rings is 3. The number of carbonyl (C=O) groups is 2. The van der Waals surface area contributed by atoms with E-state index in [2.05, 4.69) is 30.8 Å². The quantitative estimate of drug-likeness (QED) is 0.0777. The van der Waals surface area contributed by atoms with Gasteiger partial charge in [0.05, 0.1) is 17.7 Å². The number of aliphatic hydroxyl groups is 1. The van der Waals surface area contributed by atoms with E-state index in [1.807, 2.05) is 54.6 Å². The van der Waals surface area contributed by atoms with E-state index >= 15 is 0 Å². The fraction of sp³-hybridized carbons (Fsp3) is 0.366. The number of hydrogen-bond acceptors (Lipinski definition) is 11. The van der Waals surface area contributed by atoms with E-state index in [9.17, 15) is 24.6 Å². The van der Waals surface area contributed by atoms with Crippen LogP contribution in [-0.4, -0.2) is 82.5 Å². The summed E-state index contributed by atoms with van der Waals surface area (Å²) < 4.78 is 17.5. The van der Waals surface area contributed by atoms with Crippen molar-refractivity contribution in [3.8, 4) is 11.5 Å². The second-order valence-electron chi connectivity index (χ2n) is 14.0. The van der Waals surface area contributed by atoms with Crippen LogP contribution in [0.15, 0.2) is 94.3 Å². The number of pyridine rings is 1. The number of carbonyl (C=O) groups excluding carboxylic acids is 2. The number of rotatable bonds is 16. The van der Waals surface area contributed by atoms with Gasteiger partial charge in [0.25, 0.3) is 5.91 Å². The molecule has 5 aromatic rings. The van der Waals surface area contributed by atoms with Gasteiger partial charge in [-0.2, -0.15) is 0 Å². The van der Waals surface area contributed by atoms with Gasteiger partial charge in [0.15, 0.2) is 12.3 Å². The maximum Gasteiger partial charge on any atom is 0.408 e. The van der Waals surface area contributed by atoms with Crippen molar-refractivity contribution in [2.24, 2.45) is 5.92 Å². The summed E-state index contributed by atoms with van der Waals surface area (Å²) in [5.74, 6) is 0.772. The molecular weight excluding hydrogens is 704 g/mol. The van der Waals surface area contributed by atoms with Gasteiger partial charge in [-0.05, 0) is 92.2 Å². The number of aromatic nitrogens is 2. The van der Waals surface area contributed by atoms with Gasteiger partial charge < -0.3 is 45.0 Å². The van der Waals surface area contributed by atoms with Crippen molar-refractivity contribution in [2.75, 3.05) is 39.3 Å². The molecule has 3 aliphatic heterocycles. The van der Waals surface area contributed by atoms with Crippen molar-refractivity contribution in [3.63, 3.8) is 0 Å². The van der Waals surface area contributed by atoms with Crippen molar-refractivity contribution >= 4 is 22.9 Å². The Morgan fingerprint density at radius 2 is 1.78 bits per heavy atom. The summed E-state index contributed by atoms with van der Waals surface area (Å²) in [6, 6.07) is 22.7. The van der Waals surface area contributed by atoms with Gasteiger partial charge in [0.1, 0.15) is 23.9 Å². The minimum atomic E-state index is -0.846. The van der Waals surface area contributed by atoms with Crippen LogP contribution in [0.3, 0.4) is 0 Å². The predicted molar refractivity (Wildman–Crippen MR) is 204 cm³/mol. The smallest absolute Gasteiger partial charge is 0.408 e. The highest BCUT2D eigenvalue weighted by Crippen LogP contribution is 2.31. The number of H-pyrrole nitrogens is 1. The molecule has 3 atom stereocenters. The monoisotopic (exact) mass is 750 g/mol. The van der Waals surface area contributed by atoms with Crippen molar-refractivity contribution in [2.45, 2.75) is 50.5 Å². The van der Waals surface area contributed by atoms with Crippen LogP contribution in [-0.2, 0) is 11.3 Å². The lowest BCUT2D eigenvalue weighted by Gasteiger charge is -2.43. The minimum Gasteiger partial charge on any atom is -0.506 e. The van der Waals surface area contributed by atoms with Crippen LogP contribution >= 0.6 is 0 Å². The number of fused-ring (bicyclic) bond motifs is 4. The molecule has 2 amide bonds. The summed E-state index contributed by atoms with van der Waals surface area (Å²) in [7, 11) is 0. The summed E-state index contributed by atoms with van der Waals surface area (Å²) in [6.45, 7) is 4.22. The van der Waals surface area contributed by atoms with Crippen LogP contribution in [0.25, 0.3) is 10.9 Å². The summed E-state index contributed by atoms with van der Waals surface area (Å²) in [6.07, 6.45) is 3.45. The molecule has 5 heterocycles. The van der Waals surface area contributed by atoms with Crippen LogP contribution in [0, 0.1) is 5.92 Å². The normalized spacial score (nSPS) is 18.7. The molecule has 3 saturated heterocycles. The highest BCUT2D eigenvalue weighted by Gasteiger charge is 2.37. The molecule has 55 heavy (non-hydrogen) atoms. The largest absolute Gasteiger partial charge is 0.506 e. The number of alkyl carbamates (subject to hydrolysis) is 1. The van der Waals surface area contributed by atoms with Gasteiger partial charge in [-0.3, -0.25) is 14.5 Å². The first-order chi connectivity index (χ1) is 26.8. The first kappa shape index (κ1) is 37.6. The van der Waals surface area contributed by atoms with E-state index in [1.54, 1.807) is 12.1 Å². The maximum absolute atomic E-state index is 13.2. The van der Waals surface area contributed by atoms with E-state index in [0.717, 1.165) is 50.0 Å². The third kappa shape index (κ3) is 9.52. The number of unbranched alkanes of at least 4 members (excludes halogenated alkanes) is 1. The number of aromatic amines is 1. The highest BCUT2D eigenvalue weighted by atomic mass is 16.6. The minimum absolute atomic E-state index is 0.00281. The lowest BCUT2D eigenvalue weighted by atomic mass is 9.86. The Balaban J connectivity index is 0.849. The van der Waals surface area contributed by atoms with Crippen molar-refractivity contribution in [3.05, 3.63) is 124 Å². The summed E-state index contributed by atoms with van der Waals surface area (Å²) in [5.41, 5.74) is 2.42. The van der Waals surface area contributed by atoms with E-state index in [0.29, 0.717) is 42.1 Å². The third-order valence-electron chi connectivity index (χ3n) is 10.3. The van der Waals surface area contributed by atoms with Crippen LogP contribution in [0.5, 0.6) is 11.5 Å². The van der Waals surface area contributed by atoms with Gasteiger partial charge in [-0.25, -0.2) is 9.78 Å². The lowest BCUT2D eigenvalue weighted by molar-refractivity contribution is -0.0336. The van der Waals surface area contributed by atoms with Crippen LogP contribution < -0.4 is 26.2 Å². The Hall–Kier alpha value is -5.70. The SMILES string of the molecule is O=C(NC(c1ccccc1)c1cccc(OCc2nc(C(=O)NCCCCNC[C@@H](O)c3ccc(O)c4[nH]c(=O)ccc34)co2)c1)O[C@H]1CN2CCC1CC2. The first-order valence-electron chi connectivity index (χ1n) is 18.7. The van der Waals surface area contributed by atoms with E-state index in [1.165, 1.54) is 18.4 Å². The number of aliphatic hydroxyl groups excluding tert-OH is 1. The second-order valence-corrected chi connectivity index (χ2v) is 14.0. The highest BCUT2D eigenvalue weighted by molar-refractivity contribution is 5.91. The third-order valence-corrected chi connectivity index (χ3v) is 10.3.